The van der Waals surface area contributed by atoms with Crippen LogP contribution in [0.2, 0.25) is 5.02 Å². The Labute approximate surface area is 158 Å². The molecule has 2 rings (SSSR count). The fraction of sp³-hybridized carbons (Fsp3) is 0.235. The predicted octanol–water partition coefficient (Wildman–Crippen LogP) is 4.63. The highest BCUT2D eigenvalue weighted by Crippen LogP contribution is 2.39. The Hall–Kier alpha value is -2.26. The number of halogens is 4. The summed E-state index contributed by atoms with van der Waals surface area (Å²) < 4.78 is 70.0. The number of sulfone groups is 1. The zero-order valence-corrected chi connectivity index (χ0v) is 15.5. The van der Waals surface area contributed by atoms with Gasteiger partial charge in [0.25, 0.3) is 6.43 Å². The van der Waals surface area contributed by atoms with Crippen LogP contribution in [-0.2, 0) is 21.1 Å². The van der Waals surface area contributed by atoms with Crippen LogP contribution in [0.4, 0.5) is 13.2 Å². The Morgan fingerprint density at radius 1 is 1.26 bits per heavy atom. The topological polar surface area (TPSA) is 80.7 Å². The van der Waals surface area contributed by atoms with Gasteiger partial charge in [0.15, 0.2) is 9.84 Å². The quantitative estimate of drug-likeness (QED) is 0.703. The molecule has 0 heterocycles. The van der Waals surface area contributed by atoms with Crippen LogP contribution in [0, 0.1) is 5.82 Å². The molecule has 27 heavy (non-hydrogen) atoms. The number of carbonyl (C=O) groups is 1. The molecule has 0 saturated carbocycles. The molecule has 0 aliphatic rings. The first-order valence-corrected chi connectivity index (χ1v) is 9.75. The molecule has 0 spiro atoms. The molecule has 0 atom stereocenters. The fourth-order valence-electron chi connectivity index (χ4n) is 2.50. The molecule has 1 N–H and O–H groups in total. The van der Waals surface area contributed by atoms with Gasteiger partial charge < -0.3 is 9.84 Å². The molecule has 2 aromatic carbocycles. The van der Waals surface area contributed by atoms with Gasteiger partial charge in [0, 0.05) is 23.8 Å². The van der Waals surface area contributed by atoms with Crippen molar-refractivity contribution in [2.45, 2.75) is 24.2 Å². The molecule has 0 aromatic heterocycles. The summed E-state index contributed by atoms with van der Waals surface area (Å²) in [5, 5.41) is 8.81. The van der Waals surface area contributed by atoms with E-state index in [2.05, 4.69) is 0 Å². The summed E-state index contributed by atoms with van der Waals surface area (Å²) in [5.74, 6) is -2.62. The van der Waals surface area contributed by atoms with Crippen molar-refractivity contribution in [1.82, 2.24) is 0 Å². The number of ether oxygens (including phenoxy) is 1. The van der Waals surface area contributed by atoms with Crippen molar-refractivity contribution >= 4 is 27.4 Å². The molecule has 0 radical (unpaired) electrons. The highest BCUT2D eigenvalue weighted by Gasteiger charge is 2.26. The van der Waals surface area contributed by atoms with E-state index in [1.807, 2.05) is 0 Å². The molecule has 0 bridgehead atoms. The van der Waals surface area contributed by atoms with Gasteiger partial charge in [0.05, 0.1) is 10.5 Å². The van der Waals surface area contributed by atoms with Crippen LogP contribution in [0.1, 0.15) is 24.0 Å². The highest BCUT2D eigenvalue weighted by molar-refractivity contribution is 7.90. The first-order valence-electron chi connectivity index (χ1n) is 7.48. The monoisotopic (exact) mass is 422 g/mol. The largest absolute Gasteiger partial charge is 0.481 e. The van der Waals surface area contributed by atoms with E-state index in [0.29, 0.717) is 0 Å². The first-order chi connectivity index (χ1) is 12.5. The molecular formula is C17H14ClF3O5S. The number of carboxylic acid groups (broad SMARTS) is 1. The van der Waals surface area contributed by atoms with Crippen LogP contribution in [0.25, 0.3) is 0 Å². The maximum absolute atomic E-state index is 13.7. The third kappa shape index (κ3) is 5.36. The van der Waals surface area contributed by atoms with E-state index < -0.39 is 57.1 Å². The van der Waals surface area contributed by atoms with Crippen LogP contribution in [0.5, 0.6) is 11.5 Å². The van der Waals surface area contributed by atoms with Gasteiger partial charge in [-0.05, 0) is 36.2 Å². The van der Waals surface area contributed by atoms with Crippen LogP contribution in [-0.4, -0.2) is 25.7 Å². The van der Waals surface area contributed by atoms with Crippen molar-refractivity contribution in [3.05, 3.63) is 52.3 Å². The SMILES string of the molecule is CS(=O)(=O)c1ccc(Oc2cc(F)cc(Cl)c2)c(C(F)F)c1CCC(=O)O. The van der Waals surface area contributed by atoms with E-state index >= 15 is 0 Å². The highest BCUT2D eigenvalue weighted by atomic mass is 35.5. The van der Waals surface area contributed by atoms with Gasteiger partial charge in [0.1, 0.15) is 17.3 Å². The minimum atomic E-state index is -3.90. The zero-order valence-electron chi connectivity index (χ0n) is 13.9. The first kappa shape index (κ1) is 21.0. The number of benzene rings is 2. The zero-order chi connectivity index (χ0) is 20.4. The van der Waals surface area contributed by atoms with Crippen LogP contribution in [0.15, 0.2) is 35.2 Å². The Kier molecular flexibility index (Phi) is 6.38. The second kappa shape index (κ2) is 8.18. The lowest BCUT2D eigenvalue weighted by Crippen LogP contribution is -2.10. The van der Waals surface area contributed by atoms with Crippen LogP contribution in [0.3, 0.4) is 0 Å². The van der Waals surface area contributed by atoms with Crippen molar-refractivity contribution in [2.75, 3.05) is 6.26 Å². The van der Waals surface area contributed by atoms with Crippen LogP contribution >= 0.6 is 11.6 Å². The number of carboxylic acids is 1. The van der Waals surface area contributed by atoms with Crippen molar-refractivity contribution in [3.8, 4) is 11.5 Å². The van der Waals surface area contributed by atoms with Gasteiger partial charge in [-0.1, -0.05) is 11.6 Å². The molecule has 146 valence electrons. The number of hydrogen-bond donors (Lipinski definition) is 1. The summed E-state index contributed by atoms with van der Waals surface area (Å²) in [4.78, 5) is 10.4. The normalized spacial score (nSPS) is 11.6. The van der Waals surface area contributed by atoms with E-state index in [1.165, 1.54) is 6.07 Å². The second-order valence-electron chi connectivity index (χ2n) is 5.63. The van der Waals surface area contributed by atoms with Gasteiger partial charge in [-0.2, -0.15) is 0 Å². The van der Waals surface area contributed by atoms with Crippen LogP contribution < -0.4 is 4.74 Å². The van der Waals surface area contributed by atoms with Crippen molar-refractivity contribution in [2.24, 2.45) is 0 Å². The minimum Gasteiger partial charge on any atom is -0.481 e. The lowest BCUT2D eigenvalue weighted by Gasteiger charge is -2.18. The van der Waals surface area contributed by atoms with Gasteiger partial charge >= 0.3 is 5.97 Å². The summed E-state index contributed by atoms with van der Waals surface area (Å²) in [7, 11) is -3.90. The Balaban J connectivity index is 2.63. The third-order valence-electron chi connectivity index (χ3n) is 3.54. The van der Waals surface area contributed by atoms with E-state index in [1.54, 1.807) is 0 Å². The molecule has 5 nitrogen and oxygen atoms in total. The Morgan fingerprint density at radius 3 is 2.44 bits per heavy atom. The van der Waals surface area contributed by atoms with Gasteiger partial charge in [0.2, 0.25) is 0 Å². The number of rotatable bonds is 7. The minimum absolute atomic E-state index is 0.0255. The number of alkyl halides is 2. The van der Waals surface area contributed by atoms with E-state index in [9.17, 15) is 26.4 Å². The fourth-order valence-corrected chi connectivity index (χ4v) is 3.69. The molecule has 0 saturated heterocycles. The Bertz CT molecular complexity index is 957. The molecule has 2 aromatic rings. The van der Waals surface area contributed by atoms with Crippen molar-refractivity contribution in [3.63, 3.8) is 0 Å². The molecule has 0 fully saturated rings. The number of hydrogen-bond acceptors (Lipinski definition) is 4. The van der Waals surface area contributed by atoms with E-state index in [4.69, 9.17) is 21.4 Å². The maximum atomic E-state index is 13.7. The average molecular weight is 423 g/mol. The Morgan fingerprint density at radius 2 is 1.93 bits per heavy atom. The van der Waals surface area contributed by atoms with E-state index in [0.717, 1.165) is 30.5 Å². The van der Waals surface area contributed by atoms with Crippen molar-refractivity contribution in [1.29, 1.82) is 0 Å². The summed E-state index contributed by atoms with van der Waals surface area (Å²) in [6.07, 6.45) is -3.33. The third-order valence-corrected chi connectivity index (χ3v) is 4.94. The predicted molar refractivity (Wildman–Crippen MR) is 91.9 cm³/mol. The summed E-state index contributed by atoms with van der Waals surface area (Å²) in [5.41, 5.74) is -1.12. The van der Waals surface area contributed by atoms with Gasteiger partial charge in [-0.3, -0.25) is 4.79 Å². The summed E-state index contributed by atoms with van der Waals surface area (Å²) in [6, 6.07) is 5.17. The second-order valence-corrected chi connectivity index (χ2v) is 8.05. The molecule has 0 amide bonds. The molecule has 10 heteroatoms. The van der Waals surface area contributed by atoms with Crippen molar-refractivity contribution < 1.29 is 36.2 Å². The lowest BCUT2D eigenvalue weighted by molar-refractivity contribution is -0.137. The molecule has 0 aliphatic heterocycles. The average Bonchev–Trinajstić information content (AvgIpc) is 2.50. The molecule has 0 aliphatic carbocycles. The van der Waals surface area contributed by atoms with Gasteiger partial charge in [-0.25, -0.2) is 21.6 Å². The van der Waals surface area contributed by atoms with Gasteiger partial charge in [-0.15, -0.1) is 0 Å². The lowest BCUT2D eigenvalue weighted by atomic mass is 10.0. The summed E-state index contributed by atoms with van der Waals surface area (Å²) >= 11 is 5.71. The number of aliphatic carboxylic acids is 1. The molecular weight excluding hydrogens is 409 g/mol. The van der Waals surface area contributed by atoms with E-state index in [-0.39, 0.29) is 16.3 Å². The maximum Gasteiger partial charge on any atom is 0.303 e. The standard InChI is InChI=1S/C17H14ClF3O5S/c1-27(24,25)14-4-3-13(26-11-7-9(18)6-10(19)8-11)16(17(20)21)12(14)2-5-15(22)23/h3-4,6-8,17H,2,5H2,1H3,(H,22,23). The molecule has 0 unspecified atom stereocenters. The smallest absolute Gasteiger partial charge is 0.303 e. The summed E-state index contributed by atoms with van der Waals surface area (Å²) in [6.45, 7) is 0.